The van der Waals surface area contributed by atoms with E-state index in [1.807, 2.05) is 0 Å². The molecule has 1 amide bonds. The molecule has 1 aliphatic heterocycles. The van der Waals surface area contributed by atoms with Gasteiger partial charge in [-0.3, -0.25) is 9.69 Å². The van der Waals surface area contributed by atoms with Gasteiger partial charge in [-0.05, 0) is 43.2 Å². The highest BCUT2D eigenvalue weighted by Gasteiger charge is 2.28. The first kappa shape index (κ1) is 21.3. The molecule has 9 heteroatoms. The van der Waals surface area contributed by atoms with Crippen LogP contribution in [-0.4, -0.2) is 51.5 Å². The molecule has 0 bridgehead atoms. The maximum Gasteiger partial charge on any atom is 0.260 e. The van der Waals surface area contributed by atoms with Crippen LogP contribution in [0.15, 0.2) is 30.3 Å². The molecule has 2 heterocycles. The second-order valence-corrected chi connectivity index (χ2v) is 8.08. The summed E-state index contributed by atoms with van der Waals surface area (Å²) in [4.78, 5) is 19.8. The van der Waals surface area contributed by atoms with Crippen molar-refractivity contribution in [2.24, 2.45) is 0 Å². The summed E-state index contributed by atoms with van der Waals surface area (Å²) in [5.74, 6) is 0.545. The number of nitrogens with zero attached hydrogens (tertiary/aromatic N) is 2. The molecule has 0 N–H and O–H groups in total. The Morgan fingerprint density at radius 1 is 1.19 bits per heavy atom. The number of carbonyl (C=O) groups excluding carboxylic acids is 1. The van der Waals surface area contributed by atoms with Gasteiger partial charge in [-0.15, -0.1) is 0 Å². The first-order valence-electron chi connectivity index (χ1n) is 9.83. The van der Waals surface area contributed by atoms with E-state index in [-0.39, 0.29) is 17.8 Å². The van der Waals surface area contributed by atoms with Crippen molar-refractivity contribution < 1.29 is 28.1 Å². The van der Waals surface area contributed by atoms with Gasteiger partial charge in [-0.1, -0.05) is 11.3 Å². The van der Waals surface area contributed by atoms with E-state index in [9.17, 15) is 9.18 Å². The first-order valence-corrected chi connectivity index (χ1v) is 10.6. The molecule has 7 nitrogen and oxygen atoms in total. The number of hydrogen-bond donors (Lipinski definition) is 0. The SMILES string of the molecule is COc1cc(C(=O)N(CC2CCCO2)c2nc3ccc(F)cc3s2)cc(OC)c1OC. The van der Waals surface area contributed by atoms with Crippen molar-refractivity contribution >= 4 is 32.6 Å². The third-order valence-electron chi connectivity index (χ3n) is 5.14. The molecule has 0 radical (unpaired) electrons. The van der Waals surface area contributed by atoms with Crippen LogP contribution in [0.25, 0.3) is 10.2 Å². The molecule has 0 spiro atoms. The Balaban J connectivity index is 1.76. The molecule has 1 fully saturated rings. The van der Waals surface area contributed by atoms with Gasteiger partial charge in [0.15, 0.2) is 16.6 Å². The van der Waals surface area contributed by atoms with Crippen molar-refractivity contribution in [3.63, 3.8) is 0 Å². The molecule has 1 unspecified atom stereocenters. The molecule has 4 rings (SSSR count). The van der Waals surface area contributed by atoms with Crippen LogP contribution < -0.4 is 19.1 Å². The predicted molar refractivity (Wildman–Crippen MR) is 116 cm³/mol. The van der Waals surface area contributed by atoms with Crippen LogP contribution in [-0.2, 0) is 4.74 Å². The maximum atomic E-state index is 13.7. The number of halogens is 1. The second kappa shape index (κ2) is 9.07. The average Bonchev–Trinajstić information content (AvgIpc) is 3.45. The number of carbonyl (C=O) groups is 1. The van der Waals surface area contributed by atoms with Crippen molar-refractivity contribution in [1.29, 1.82) is 0 Å². The zero-order valence-corrected chi connectivity index (χ0v) is 18.3. The topological polar surface area (TPSA) is 70.1 Å². The number of ether oxygens (including phenoxy) is 4. The summed E-state index contributed by atoms with van der Waals surface area (Å²) in [5.41, 5.74) is 0.995. The minimum Gasteiger partial charge on any atom is -0.493 e. The van der Waals surface area contributed by atoms with Gasteiger partial charge in [0.05, 0.1) is 44.2 Å². The van der Waals surface area contributed by atoms with E-state index in [0.717, 1.165) is 12.8 Å². The normalized spacial score (nSPS) is 15.8. The lowest BCUT2D eigenvalue weighted by Crippen LogP contribution is -2.37. The highest BCUT2D eigenvalue weighted by atomic mass is 32.1. The Bertz CT molecular complexity index is 1070. The molecule has 0 aliphatic carbocycles. The number of aromatic nitrogens is 1. The quantitative estimate of drug-likeness (QED) is 0.539. The maximum absolute atomic E-state index is 13.7. The summed E-state index contributed by atoms with van der Waals surface area (Å²) < 4.78 is 36.3. The minimum absolute atomic E-state index is 0.0882. The smallest absolute Gasteiger partial charge is 0.260 e. The van der Waals surface area contributed by atoms with Crippen LogP contribution >= 0.6 is 11.3 Å². The standard InChI is InChI=1S/C22H23FN2O5S/c1-27-17-9-13(10-18(28-2)20(17)29-3)21(26)25(12-15-5-4-8-30-15)22-24-16-7-6-14(23)11-19(16)31-22/h6-7,9-11,15H,4-5,8,12H2,1-3H3. The number of methoxy groups -OCH3 is 3. The van der Waals surface area contributed by atoms with Gasteiger partial charge < -0.3 is 18.9 Å². The van der Waals surface area contributed by atoms with Gasteiger partial charge in [-0.25, -0.2) is 9.37 Å². The van der Waals surface area contributed by atoms with Crippen LogP contribution in [0.5, 0.6) is 17.2 Å². The third-order valence-corrected chi connectivity index (χ3v) is 6.18. The van der Waals surface area contributed by atoms with Crippen molar-refractivity contribution in [3.8, 4) is 17.2 Å². The summed E-state index contributed by atoms with van der Waals surface area (Å²) in [5, 5.41) is 0.481. The third kappa shape index (κ3) is 4.28. The van der Waals surface area contributed by atoms with E-state index < -0.39 is 0 Å². The molecule has 0 saturated carbocycles. The fourth-order valence-electron chi connectivity index (χ4n) is 3.60. The Morgan fingerprint density at radius 3 is 2.55 bits per heavy atom. The first-order chi connectivity index (χ1) is 15.0. The second-order valence-electron chi connectivity index (χ2n) is 7.07. The monoisotopic (exact) mass is 446 g/mol. The molecule has 31 heavy (non-hydrogen) atoms. The van der Waals surface area contributed by atoms with Gasteiger partial charge >= 0.3 is 0 Å². The highest BCUT2D eigenvalue weighted by Crippen LogP contribution is 2.39. The number of rotatable bonds is 7. The largest absolute Gasteiger partial charge is 0.493 e. The predicted octanol–water partition coefficient (Wildman–Crippen LogP) is 4.29. The Kier molecular flexibility index (Phi) is 6.24. The van der Waals surface area contributed by atoms with E-state index in [1.54, 1.807) is 23.1 Å². The fraction of sp³-hybridized carbons (Fsp3) is 0.364. The summed E-state index contributed by atoms with van der Waals surface area (Å²) in [6.07, 6.45) is 1.72. The molecule has 2 aromatic carbocycles. The molecular formula is C22H23FN2O5S. The van der Waals surface area contributed by atoms with Crippen LogP contribution in [0.4, 0.5) is 9.52 Å². The van der Waals surface area contributed by atoms with E-state index in [4.69, 9.17) is 18.9 Å². The van der Waals surface area contributed by atoms with Crippen molar-refractivity contribution in [1.82, 2.24) is 4.98 Å². The van der Waals surface area contributed by atoms with Gasteiger partial charge in [0.2, 0.25) is 5.75 Å². The lowest BCUT2D eigenvalue weighted by atomic mass is 10.1. The molecular weight excluding hydrogens is 423 g/mol. The minimum atomic E-state index is -0.343. The number of fused-ring (bicyclic) bond motifs is 1. The van der Waals surface area contributed by atoms with E-state index in [2.05, 4.69) is 4.98 Å². The number of hydrogen-bond acceptors (Lipinski definition) is 7. The lowest BCUT2D eigenvalue weighted by molar-refractivity contribution is 0.0917. The zero-order chi connectivity index (χ0) is 22.0. The summed E-state index contributed by atoms with van der Waals surface area (Å²) >= 11 is 1.26. The van der Waals surface area contributed by atoms with Crippen molar-refractivity contribution in [3.05, 3.63) is 41.7 Å². The fourth-order valence-corrected chi connectivity index (χ4v) is 4.60. The van der Waals surface area contributed by atoms with E-state index in [1.165, 1.54) is 44.8 Å². The van der Waals surface area contributed by atoms with Crippen molar-refractivity contribution in [2.75, 3.05) is 39.4 Å². The molecule has 1 aromatic heterocycles. The Labute approximate surface area is 183 Å². The Morgan fingerprint density at radius 2 is 1.94 bits per heavy atom. The van der Waals surface area contributed by atoms with E-state index >= 15 is 0 Å². The number of benzene rings is 2. The molecule has 1 atom stereocenters. The zero-order valence-electron chi connectivity index (χ0n) is 17.5. The summed E-state index contributed by atoms with van der Waals surface area (Å²) in [6.45, 7) is 1.01. The highest BCUT2D eigenvalue weighted by molar-refractivity contribution is 7.22. The molecule has 1 saturated heterocycles. The summed E-state index contributed by atoms with van der Waals surface area (Å²) in [7, 11) is 4.50. The molecule has 1 aliphatic rings. The van der Waals surface area contributed by atoms with Gasteiger partial charge in [-0.2, -0.15) is 0 Å². The Hall–Kier alpha value is -2.91. The van der Waals surface area contributed by atoms with Gasteiger partial charge in [0.25, 0.3) is 5.91 Å². The summed E-state index contributed by atoms with van der Waals surface area (Å²) in [6, 6.07) is 7.61. The molecule has 164 valence electrons. The number of thiazole rings is 1. The van der Waals surface area contributed by atoms with Gasteiger partial charge in [0.1, 0.15) is 5.82 Å². The average molecular weight is 447 g/mol. The van der Waals surface area contributed by atoms with Crippen LogP contribution in [0.2, 0.25) is 0 Å². The van der Waals surface area contributed by atoms with Crippen molar-refractivity contribution in [2.45, 2.75) is 18.9 Å². The molecule has 3 aromatic rings. The van der Waals surface area contributed by atoms with Gasteiger partial charge in [0, 0.05) is 12.2 Å². The number of anilines is 1. The van der Waals surface area contributed by atoms with Crippen LogP contribution in [0.1, 0.15) is 23.2 Å². The lowest BCUT2D eigenvalue weighted by Gasteiger charge is -2.24. The van der Waals surface area contributed by atoms with E-state index in [0.29, 0.717) is 51.3 Å². The van der Waals surface area contributed by atoms with Crippen LogP contribution in [0, 0.1) is 5.82 Å². The number of amides is 1. The van der Waals surface area contributed by atoms with Crippen LogP contribution in [0.3, 0.4) is 0 Å².